The van der Waals surface area contributed by atoms with Gasteiger partial charge in [0.15, 0.2) is 17.3 Å². The molecule has 0 aliphatic rings. The molecule has 0 unspecified atom stereocenters. The molecule has 0 saturated heterocycles. The van der Waals surface area contributed by atoms with Crippen molar-refractivity contribution in [3.05, 3.63) is 17.7 Å². The lowest BCUT2D eigenvalue weighted by Gasteiger charge is -2.14. The Kier molecular flexibility index (Phi) is 4.81. The van der Waals surface area contributed by atoms with Crippen LogP contribution >= 0.6 is 15.9 Å². The summed E-state index contributed by atoms with van der Waals surface area (Å²) in [5.74, 6) is 1.39. The van der Waals surface area contributed by atoms with E-state index in [-0.39, 0.29) is 10.6 Å². The molecule has 17 heavy (non-hydrogen) atoms. The van der Waals surface area contributed by atoms with Crippen molar-refractivity contribution in [2.45, 2.75) is 11.8 Å². The Morgan fingerprint density at radius 3 is 1.88 bits per heavy atom. The van der Waals surface area contributed by atoms with Crippen LogP contribution in [0.15, 0.2) is 12.1 Å². The van der Waals surface area contributed by atoms with Gasteiger partial charge in [0.2, 0.25) is 5.75 Å². The Balaban J connectivity index is 3.32. The van der Waals surface area contributed by atoms with Crippen molar-refractivity contribution in [1.29, 1.82) is 0 Å². The monoisotopic (exact) mass is 302 g/mol. The predicted octanol–water partition coefficient (Wildman–Crippen LogP) is 2.68. The topological polar surface area (TPSA) is 44.8 Å². The highest BCUT2D eigenvalue weighted by atomic mass is 79.9. The number of carbonyl (C=O) groups excluding carboxylic acids is 1. The molecule has 0 N–H and O–H groups in total. The third-order valence-electron chi connectivity index (χ3n) is 2.31. The lowest BCUT2D eigenvalue weighted by molar-refractivity contribution is 0.0995. The highest BCUT2D eigenvalue weighted by molar-refractivity contribution is 9.10. The van der Waals surface area contributed by atoms with Crippen molar-refractivity contribution in [3.63, 3.8) is 0 Å². The number of methoxy groups -OCH3 is 3. The van der Waals surface area contributed by atoms with Gasteiger partial charge in [-0.2, -0.15) is 0 Å². The fourth-order valence-corrected chi connectivity index (χ4v) is 1.72. The van der Waals surface area contributed by atoms with Crippen LogP contribution < -0.4 is 14.2 Å². The maximum atomic E-state index is 11.9. The fourth-order valence-electron chi connectivity index (χ4n) is 1.45. The number of hydrogen-bond acceptors (Lipinski definition) is 4. The summed E-state index contributed by atoms with van der Waals surface area (Å²) in [6.07, 6.45) is 0. The number of ketones is 1. The summed E-state index contributed by atoms with van der Waals surface area (Å²) in [7, 11) is 4.56. The summed E-state index contributed by atoms with van der Waals surface area (Å²) in [4.78, 5) is 11.6. The number of halogens is 1. The Bertz CT molecular complexity index is 390. The average Bonchev–Trinajstić information content (AvgIpc) is 2.35. The van der Waals surface area contributed by atoms with E-state index in [1.807, 2.05) is 0 Å². The normalized spacial score (nSPS) is 11.8. The average molecular weight is 303 g/mol. The van der Waals surface area contributed by atoms with Crippen LogP contribution in [-0.2, 0) is 0 Å². The summed E-state index contributed by atoms with van der Waals surface area (Å²) in [5, 5.41) is 0. The van der Waals surface area contributed by atoms with Gasteiger partial charge < -0.3 is 14.2 Å². The van der Waals surface area contributed by atoms with E-state index in [4.69, 9.17) is 14.2 Å². The highest BCUT2D eigenvalue weighted by Gasteiger charge is 2.19. The van der Waals surface area contributed by atoms with E-state index in [1.165, 1.54) is 21.3 Å². The molecule has 5 heteroatoms. The first-order chi connectivity index (χ1) is 8.04. The van der Waals surface area contributed by atoms with Gasteiger partial charge in [-0.05, 0) is 19.1 Å². The molecule has 0 amide bonds. The third kappa shape index (κ3) is 2.91. The number of ether oxygens (including phenoxy) is 3. The Labute approximate surface area is 109 Å². The number of alkyl halides is 1. The van der Waals surface area contributed by atoms with E-state index in [9.17, 15) is 4.79 Å². The van der Waals surface area contributed by atoms with Crippen LogP contribution in [-0.4, -0.2) is 31.9 Å². The first-order valence-electron chi connectivity index (χ1n) is 5.03. The molecular formula is C12H15BrO4. The van der Waals surface area contributed by atoms with Crippen LogP contribution in [0.1, 0.15) is 17.3 Å². The summed E-state index contributed by atoms with van der Waals surface area (Å²) in [6, 6.07) is 3.28. The number of rotatable bonds is 5. The minimum atomic E-state index is -0.259. The molecule has 0 radical (unpaired) electrons. The second-order valence-electron chi connectivity index (χ2n) is 3.39. The van der Waals surface area contributed by atoms with Gasteiger partial charge in [-0.3, -0.25) is 4.79 Å². The van der Waals surface area contributed by atoms with Crippen molar-refractivity contribution in [1.82, 2.24) is 0 Å². The van der Waals surface area contributed by atoms with Crippen LogP contribution in [0.3, 0.4) is 0 Å². The maximum absolute atomic E-state index is 11.9. The summed E-state index contributed by atoms with van der Waals surface area (Å²) >= 11 is 3.24. The molecular weight excluding hydrogens is 288 g/mol. The van der Waals surface area contributed by atoms with Gasteiger partial charge in [0.1, 0.15) is 0 Å². The quantitative estimate of drug-likeness (QED) is 0.620. The van der Waals surface area contributed by atoms with Gasteiger partial charge in [-0.1, -0.05) is 15.9 Å². The number of Topliss-reactive ketones (excluding diaryl/α,β-unsaturated/α-hetero) is 1. The second-order valence-corrected chi connectivity index (χ2v) is 4.77. The first kappa shape index (κ1) is 13.8. The van der Waals surface area contributed by atoms with E-state index in [1.54, 1.807) is 19.1 Å². The van der Waals surface area contributed by atoms with Crippen molar-refractivity contribution in [2.24, 2.45) is 0 Å². The summed E-state index contributed by atoms with van der Waals surface area (Å²) in [5.41, 5.74) is 0.517. The van der Waals surface area contributed by atoms with E-state index in [2.05, 4.69) is 15.9 Å². The minimum Gasteiger partial charge on any atom is -0.493 e. The number of benzene rings is 1. The van der Waals surface area contributed by atoms with E-state index in [0.717, 1.165) is 0 Å². The molecule has 1 aromatic carbocycles. The third-order valence-corrected chi connectivity index (χ3v) is 2.73. The molecule has 0 aliphatic carbocycles. The minimum absolute atomic E-state index is 0.0377. The first-order valence-corrected chi connectivity index (χ1v) is 5.95. The van der Waals surface area contributed by atoms with Crippen LogP contribution in [0.4, 0.5) is 0 Å². The van der Waals surface area contributed by atoms with Gasteiger partial charge in [0.05, 0.1) is 26.2 Å². The Morgan fingerprint density at radius 1 is 1.12 bits per heavy atom. The fraction of sp³-hybridized carbons (Fsp3) is 0.417. The molecule has 0 heterocycles. The molecule has 0 spiro atoms. The molecule has 4 nitrogen and oxygen atoms in total. The molecule has 0 saturated carbocycles. The van der Waals surface area contributed by atoms with Gasteiger partial charge in [-0.25, -0.2) is 0 Å². The van der Waals surface area contributed by atoms with E-state index >= 15 is 0 Å². The molecule has 1 rings (SSSR count). The van der Waals surface area contributed by atoms with Gasteiger partial charge >= 0.3 is 0 Å². The van der Waals surface area contributed by atoms with Crippen LogP contribution in [0.2, 0.25) is 0 Å². The van der Waals surface area contributed by atoms with Gasteiger partial charge in [0.25, 0.3) is 0 Å². The van der Waals surface area contributed by atoms with Crippen molar-refractivity contribution in [2.75, 3.05) is 21.3 Å². The highest BCUT2D eigenvalue weighted by Crippen LogP contribution is 2.38. The Morgan fingerprint density at radius 2 is 1.59 bits per heavy atom. The molecule has 0 aliphatic heterocycles. The standard InChI is InChI=1S/C12H15BrO4/c1-7(13)11(14)8-5-9(15-2)12(17-4)10(6-8)16-3/h5-7H,1-4H3/t7-/m0/s1. The zero-order chi connectivity index (χ0) is 13.0. The SMILES string of the molecule is COc1cc(C(=O)[C@H](C)Br)cc(OC)c1OC. The van der Waals surface area contributed by atoms with E-state index < -0.39 is 0 Å². The molecule has 0 fully saturated rings. The summed E-state index contributed by atoms with van der Waals surface area (Å²) < 4.78 is 15.5. The Hall–Kier alpha value is -1.23. The predicted molar refractivity (Wildman–Crippen MR) is 68.8 cm³/mol. The zero-order valence-corrected chi connectivity index (χ0v) is 11.8. The van der Waals surface area contributed by atoms with E-state index in [0.29, 0.717) is 22.8 Å². The number of hydrogen-bond donors (Lipinski definition) is 0. The van der Waals surface area contributed by atoms with Crippen LogP contribution in [0.25, 0.3) is 0 Å². The molecule has 0 bridgehead atoms. The van der Waals surface area contributed by atoms with Gasteiger partial charge in [0, 0.05) is 5.56 Å². The van der Waals surface area contributed by atoms with Crippen molar-refractivity contribution < 1.29 is 19.0 Å². The van der Waals surface area contributed by atoms with Crippen LogP contribution in [0, 0.1) is 0 Å². The lowest BCUT2D eigenvalue weighted by Crippen LogP contribution is -2.10. The van der Waals surface area contributed by atoms with Gasteiger partial charge in [-0.15, -0.1) is 0 Å². The molecule has 1 atom stereocenters. The zero-order valence-electron chi connectivity index (χ0n) is 10.2. The molecule has 94 valence electrons. The smallest absolute Gasteiger partial charge is 0.203 e. The largest absolute Gasteiger partial charge is 0.493 e. The van der Waals surface area contributed by atoms with Crippen molar-refractivity contribution >= 4 is 21.7 Å². The maximum Gasteiger partial charge on any atom is 0.203 e. The van der Waals surface area contributed by atoms with Crippen LogP contribution in [0.5, 0.6) is 17.2 Å². The molecule has 1 aromatic rings. The molecule has 0 aromatic heterocycles. The summed E-state index contributed by atoms with van der Waals surface area (Å²) in [6.45, 7) is 1.77. The lowest BCUT2D eigenvalue weighted by atomic mass is 10.1. The number of carbonyl (C=O) groups is 1. The second kappa shape index (κ2) is 5.91. The van der Waals surface area contributed by atoms with Crippen molar-refractivity contribution in [3.8, 4) is 17.2 Å².